The largest absolute Gasteiger partial charge is 0.379 e. The molecular formula is C25H28ClFN4O2. The third kappa shape index (κ3) is 5.61. The Balaban J connectivity index is 1.49. The zero-order chi connectivity index (χ0) is 23.4. The van der Waals surface area contributed by atoms with Crippen LogP contribution in [0.1, 0.15) is 38.8 Å². The predicted molar refractivity (Wildman–Crippen MR) is 126 cm³/mol. The van der Waals surface area contributed by atoms with Gasteiger partial charge in [-0.2, -0.15) is 5.10 Å². The van der Waals surface area contributed by atoms with Gasteiger partial charge in [0.1, 0.15) is 11.0 Å². The molecule has 2 aromatic carbocycles. The molecule has 174 valence electrons. The summed E-state index contributed by atoms with van der Waals surface area (Å²) in [5.74, 6) is -0.556. The number of carbonyl (C=O) groups is 1. The van der Waals surface area contributed by atoms with Gasteiger partial charge >= 0.3 is 0 Å². The maximum atomic E-state index is 13.5. The second-order valence-electron chi connectivity index (χ2n) is 8.32. The number of hydrogen-bond donors (Lipinski definition) is 1. The summed E-state index contributed by atoms with van der Waals surface area (Å²) >= 11 is 6.58. The zero-order valence-corrected chi connectivity index (χ0v) is 19.6. The van der Waals surface area contributed by atoms with E-state index in [2.05, 4.69) is 15.3 Å². The van der Waals surface area contributed by atoms with Crippen LogP contribution in [-0.4, -0.2) is 53.4 Å². The predicted octanol–water partition coefficient (Wildman–Crippen LogP) is 4.14. The van der Waals surface area contributed by atoms with Crippen molar-refractivity contribution in [2.24, 2.45) is 0 Å². The number of hydrogen-bond acceptors (Lipinski definition) is 4. The Morgan fingerprint density at radius 2 is 1.79 bits per heavy atom. The Labute approximate surface area is 198 Å². The topological polar surface area (TPSA) is 59.4 Å². The van der Waals surface area contributed by atoms with Crippen LogP contribution in [0.2, 0.25) is 5.15 Å². The lowest BCUT2D eigenvalue weighted by atomic mass is 10.0. The van der Waals surface area contributed by atoms with Gasteiger partial charge in [0.2, 0.25) is 0 Å². The highest BCUT2D eigenvalue weighted by Gasteiger charge is 2.26. The highest BCUT2D eigenvalue weighted by molar-refractivity contribution is 6.33. The van der Waals surface area contributed by atoms with Gasteiger partial charge in [0, 0.05) is 19.6 Å². The molecule has 4 rings (SSSR count). The van der Waals surface area contributed by atoms with Crippen LogP contribution in [0.4, 0.5) is 4.39 Å². The monoisotopic (exact) mass is 470 g/mol. The number of nitrogens with one attached hydrogen (secondary N) is 1. The van der Waals surface area contributed by atoms with Crippen molar-refractivity contribution in [2.75, 3.05) is 32.8 Å². The van der Waals surface area contributed by atoms with Crippen LogP contribution in [-0.2, 0) is 11.3 Å². The molecule has 0 bridgehead atoms. The van der Waals surface area contributed by atoms with Crippen LogP contribution in [0.5, 0.6) is 0 Å². The van der Waals surface area contributed by atoms with Crippen molar-refractivity contribution >= 4 is 17.5 Å². The minimum absolute atomic E-state index is 0.0971. The summed E-state index contributed by atoms with van der Waals surface area (Å²) in [4.78, 5) is 15.4. The molecule has 2 heterocycles. The van der Waals surface area contributed by atoms with Gasteiger partial charge in [-0.3, -0.25) is 9.69 Å². The normalized spacial score (nSPS) is 15.4. The summed E-state index contributed by atoms with van der Waals surface area (Å²) in [5, 5.41) is 7.83. The summed E-state index contributed by atoms with van der Waals surface area (Å²) in [6, 6.07) is 14.4. The smallest absolute Gasteiger partial charge is 0.256 e. The first-order chi connectivity index (χ1) is 15.9. The van der Waals surface area contributed by atoms with Gasteiger partial charge in [0.05, 0.1) is 37.1 Å². The number of aryl methyl sites for hydroxylation is 2. The van der Waals surface area contributed by atoms with E-state index in [-0.39, 0.29) is 17.8 Å². The Bertz CT molecular complexity index is 1090. The van der Waals surface area contributed by atoms with Gasteiger partial charge in [-0.05, 0) is 37.1 Å². The molecule has 3 aromatic rings. The number of rotatable bonds is 7. The molecule has 0 radical (unpaired) electrons. The molecule has 1 aromatic heterocycles. The average molecular weight is 471 g/mol. The minimum atomic E-state index is -0.285. The van der Waals surface area contributed by atoms with E-state index in [4.69, 9.17) is 16.3 Å². The van der Waals surface area contributed by atoms with Crippen molar-refractivity contribution in [2.45, 2.75) is 26.4 Å². The third-order valence-corrected chi connectivity index (χ3v) is 6.33. The molecule has 0 spiro atoms. The number of amides is 1. The van der Waals surface area contributed by atoms with Crippen LogP contribution < -0.4 is 5.32 Å². The van der Waals surface area contributed by atoms with E-state index in [1.54, 1.807) is 23.7 Å². The Hall–Kier alpha value is -2.74. The number of carbonyl (C=O) groups excluding carboxylic acids is 1. The highest BCUT2D eigenvalue weighted by Crippen LogP contribution is 2.24. The fourth-order valence-corrected chi connectivity index (χ4v) is 4.41. The van der Waals surface area contributed by atoms with Gasteiger partial charge in [-0.1, -0.05) is 53.6 Å². The minimum Gasteiger partial charge on any atom is -0.379 e. The van der Waals surface area contributed by atoms with E-state index in [0.29, 0.717) is 42.7 Å². The average Bonchev–Trinajstić information content (AvgIpc) is 3.10. The van der Waals surface area contributed by atoms with Gasteiger partial charge in [0.15, 0.2) is 0 Å². The molecule has 1 saturated heterocycles. The standard InChI is InChI=1S/C25H28ClFN4O2/c1-17-3-5-19(6-4-17)16-31-24(26)23(18(2)29-31)25(32)28-15-22(30-11-13-33-14-12-30)20-7-9-21(27)10-8-20/h3-10,22H,11-16H2,1-2H3,(H,28,32)/t22-/m1/s1. The van der Waals surface area contributed by atoms with E-state index >= 15 is 0 Å². The number of benzene rings is 2. The van der Waals surface area contributed by atoms with Crippen LogP contribution in [0.25, 0.3) is 0 Å². The van der Waals surface area contributed by atoms with Crippen LogP contribution in [0.15, 0.2) is 48.5 Å². The second kappa shape index (κ2) is 10.5. The Morgan fingerprint density at radius 1 is 1.12 bits per heavy atom. The van der Waals surface area contributed by atoms with Crippen molar-refractivity contribution < 1.29 is 13.9 Å². The number of halogens is 2. The Morgan fingerprint density at radius 3 is 2.45 bits per heavy atom. The summed E-state index contributed by atoms with van der Waals surface area (Å²) in [6.45, 7) is 7.41. The molecule has 8 heteroatoms. The molecule has 1 amide bonds. The van der Waals surface area contributed by atoms with Crippen LogP contribution in [0.3, 0.4) is 0 Å². The van der Waals surface area contributed by atoms with Gasteiger partial charge in [0.25, 0.3) is 5.91 Å². The summed E-state index contributed by atoms with van der Waals surface area (Å²) < 4.78 is 20.6. The molecule has 1 aliphatic rings. The molecule has 33 heavy (non-hydrogen) atoms. The lowest BCUT2D eigenvalue weighted by Gasteiger charge is -2.35. The maximum absolute atomic E-state index is 13.5. The van der Waals surface area contributed by atoms with Crippen molar-refractivity contribution in [1.29, 1.82) is 0 Å². The fraction of sp³-hybridized carbons (Fsp3) is 0.360. The third-order valence-electron chi connectivity index (χ3n) is 5.94. The van der Waals surface area contributed by atoms with Crippen molar-refractivity contribution in [1.82, 2.24) is 20.0 Å². The first kappa shape index (κ1) is 23.4. The van der Waals surface area contributed by atoms with Gasteiger partial charge < -0.3 is 10.1 Å². The Kier molecular flexibility index (Phi) is 7.42. The number of aromatic nitrogens is 2. The van der Waals surface area contributed by atoms with Crippen molar-refractivity contribution in [3.63, 3.8) is 0 Å². The maximum Gasteiger partial charge on any atom is 0.256 e. The molecule has 0 unspecified atom stereocenters. The van der Waals surface area contributed by atoms with E-state index < -0.39 is 0 Å². The van der Waals surface area contributed by atoms with Gasteiger partial charge in [-0.15, -0.1) is 0 Å². The second-order valence-corrected chi connectivity index (χ2v) is 8.68. The summed E-state index contributed by atoms with van der Waals surface area (Å²) in [5.41, 5.74) is 4.13. The highest BCUT2D eigenvalue weighted by atomic mass is 35.5. The van der Waals surface area contributed by atoms with Gasteiger partial charge in [-0.25, -0.2) is 9.07 Å². The lowest BCUT2D eigenvalue weighted by molar-refractivity contribution is 0.0162. The number of morpholine rings is 1. The molecule has 0 aliphatic carbocycles. The van der Waals surface area contributed by atoms with Crippen LogP contribution in [0, 0.1) is 19.7 Å². The van der Waals surface area contributed by atoms with Crippen LogP contribution >= 0.6 is 11.6 Å². The SMILES string of the molecule is Cc1ccc(Cn2nc(C)c(C(=O)NC[C@H](c3ccc(F)cc3)N3CCOCC3)c2Cl)cc1. The first-order valence-electron chi connectivity index (χ1n) is 11.1. The quantitative estimate of drug-likeness (QED) is 0.563. The fourth-order valence-electron chi connectivity index (χ4n) is 4.09. The molecule has 1 fully saturated rings. The molecule has 1 aliphatic heterocycles. The molecule has 0 saturated carbocycles. The molecule has 1 N–H and O–H groups in total. The molecular weight excluding hydrogens is 443 g/mol. The molecule has 6 nitrogen and oxygen atoms in total. The zero-order valence-electron chi connectivity index (χ0n) is 18.9. The van der Waals surface area contributed by atoms with E-state index in [0.717, 1.165) is 24.2 Å². The van der Waals surface area contributed by atoms with E-state index in [1.807, 2.05) is 31.2 Å². The van der Waals surface area contributed by atoms with Crippen molar-refractivity contribution in [3.05, 3.63) is 87.4 Å². The lowest BCUT2D eigenvalue weighted by Crippen LogP contribution is -2.43. The van der Waals surface area contributed by atoms with Crippen molar-refractivity contribution in [3.8, 4) is 0 Å². The number of nitrogens with zero attached hydrogens (tertiary/aromatic N) is 3. The van der Waals surface area contributed by atoms with E-state index in [9.17, 15) is 9.18 Å². The summed E-state index contributed by atoms with van der Waals surface area (Å²) in [7, 11) is 0. The van der Waals surface area contributed by atoms with E-state index in [1.165, 1.54) is 17.7 Å². The molecule has 1 atom stereocenters. The number of ether oxygens (including phenoxy) is 1. The first-order valence-corrected chi connectivity index (χ1v) is 11.4. The summed E-state index contributed by atoms with van der Waals surface area (Å²) in [6.07, 6.45) is 0.